The van der Waals surface area contributed by atoms with Crippen molar-refractivity contribution >= 4 is 44.3 Å². The molecule has 2 aliphatic heterocycles. The number of ether oxygens (including phenoxy) is 1. The third-order valence-corrected chi connectivity index (χ3v) is 12.6. The smallest absolute Gasteiger partial charge is 0.259 e. The zero-order valence-electron chi connectivity index (χ0n) is 27.6. The summed E-state index contributed by atoms with van der Waals surface area (Å²) in [6.07, 6.45) is 8.74. The number of pyridine rings is 1. The molecule has 11 nitrogen and oxygen atoms in total. The normalized spacial score (nSPS) is 29.0. The number of carbonyl (C=O) groups excluding carboxylic acids is 3. The second-order valence-electron chi connectivity index (χ2n) is 14.1. The summed E-state index contributed by atoms with van der Waals surface area (Å²) in [6, 6.07) is 19.4. The van der Waals surface area contributed by atoms with E-state index in [1.165, 1.54) is 0 Å². The molecule has 3 aromatic rings. The quantitative estimate of drug-likeness (QED) is 0.309. The van der Waals surface area contributed by atoms with Crippen LogP contribution in [0.5, 0.6) is 5.88 Å². The lowest BCUT2D eigenvalue weighted by Crippen LogP contribution is -2.58. The molecule has 7 rings (SSSR count). The predicted octanol–water partition coefficient (Wildman–Crippen LogP) is 4.46. The van der Waals surface area contributed by atoms with Gasteiger partial charge in [-0.3, -0.25) is 19.1 Å². The Morgan fingerprint density at radius 3 is 2.57 bits per heavy atom. The van der Waals surface area contributed by atoms with Crippen molar-refractivity contribution in [3.8, 4) is 5.88 Å². The zero-order valence-corrected chi connectivity index (χ0v) is 28.5. The summed E-state index contributed by atoms with van der Waals surface area (Å²) in [7, 11) is -3.93. The molecule has 0 bridgehead atoms. The van der Waals surface area contributed by atoms with E-state index < -0.39 is 50.3 Å². The van der Waals surface area contributed by atoms with E-state index in [1.54, 1.807) is 17.9 Å². The lowest BCUT2D eigenvalue weighted by molar-refractivity contribution is -0.140. The van der Waals surface area contributed by atoms with Crippen LogP contribution in [0.2, 0.25) is 0 Å². The van der Waals surface area contributed by atoms with Crippen molar-refractivity contribution in [3.63, 3.8) is 0 Å². The van der Waals surface area contributed by atoms with E-state index in [0.29, 0.717) is 25.1 Å². The number of allylic oxidation sites excluding steroid dienone is 1. The Hall–Kier alpha value is -4.45. The van der Waals surface area contributed by atoms with E-state index in [4.69, 9.17) is 4.74 Å². The minimum atomic E-state index is -3.93. The highest BCUT2D eigenvalue weighted by molar-refractivity contribution is 7.91. The maximum absolute atomic E-state index is 14.4. The molecule has 5 atom stereocenters. The van der Waals surface area contributed by atoms with E-state index in [-0.39, 0.29) is 31.2 Å². The number of amides is 3. The Balaban J connectivity index is 1.18. The molecule has 2 aromatic carbocycles. The summed E-state index contributed by atoms with van der Waals surface area (Å²) in [5, 5.41) is 7.31. The van der Waals surface area contributed by atoms with Gasteiger partial charge < -0.3 is 20.3 Å². The number of nitrogens with zero attached hydrogens (tertiary/aromatic N) is 2. The number of carbonyl (C=O) groups is 3. The third kappa shape index (κ3) is 6.88. The van der Waals surface area contributed by atoms with Crippen LogP contribution in [0.1, 0.15) is 64.7 Å². The van der Waals surface area contributed by atoms with Crippen LogP contribution in [0, 0.1) is 5.92 Å². The summed E-state index contributed by atoms with van der Waals surface area (Å²) in [5.74, 6) is -1.46. The fourth-order valence-electron chi connectivity index (χ4n) is 6.97. The van der Waals surface area contributed by atoms with Gasteiger partial charge in [0.25, 0.3) is 5.91 Å². The summed E-state index contributed by atoms with van der Waals surface area (Å²) in [5.41, 5.74) is 0.142. The van der Waals surface area contributed by atoms with Crippen LogP contribution in [0.3, 0.4) is 0 Å². The number of rotatable bonds is 7. The standard InChI is InChI=1S/C37H43N5O6S/c1-36(20-21-36)49(46,47)41-35(45)37-23-26(37)13-6-3-2-4-9-17-30(38-27-14-7-5-8-15-27)34(44)42-24-28(22-31(42)33(43)40-37)48-32-19-18-25-12-10-11-16-29(25)39-32/h5-8,10-16,18-19,26,28,30-31,38H,2-4,9,17,20-24H2,1H3,(H,40,43)(H,41,45)/b13-6-/t26-,28-,30+,31+,37-/m1/s1. The molecule has 2 saturated carbocycles. The van der Waals surface area contributed by atoms with E-state index in [9.17, 15) is 22.8 Å². The minimum Gasteiger partial charge on any atom is -0.472 e. The molecule has 3 heterocycles. The van der Waals surface area contributed by atoms with Crippen LogP contribution in [0.15, 0.2) is 78.9 Å². The topological polar surface area (TPSA) is 147 Å². The molecular weight excluding hydrogens is 643 g/mol. The monoisotopic (exact) mass is 685 g/mol. The van der Waals surface area contributed by atoms with E-state index in [0.717, 1.165) is 42.3 Å². The number of anilines is 1. The fraction of sp³-hybridized carbons (Fsp3) is 0.459. The first-order valence-corrected chi connectivity index (χ1v) is 18.8. The van der Waals surface area contributed by atoms with Gasteiger partial charge in [-0.15, -0.1) is 0 Å². The Morgan fingerprint density at radius 2 is 1.78 bits per heavy atom. The highest BCUT2D eigenvalue weighted by Gasteiger charge is 2.63. The van der Waals surface area contributed by atoms with Crippen molar-refractivity contribution in [3.05, 3.63) is 78.9 Å². The number of sulfonamides is 1. The second kappa shape index (κ2) is 13.1. The van der Waals surface area contributed by atoms with E-state index >= 15 is 0 Å². The number of aromatic nitrogens is 1. The SMILES string of the molecule is CC1(S(=O)(=O)NC(=O)[C@@]23C[C@H]2/C=C\CCCCC[C@H](Nc2ccccc2)C(=O)N2C[C@H](Oc4ccc5ccccc5n4)C[C@H]2C(=O)N3)CC1. The maximum Gasteiger partial charge on any atom is 0.259 e. The van der Waals surface area contributed by atoms with Crippen LogP contribution in [-0.2, 0) is 24.4 Å². The highest BCUT2D eigenvalue weighted by atomic mass is 32.2. The molecule has 0 unspecified atom stereocenters. The van der Waals surface area contributed by atoms with Crippen LogP contribution in [-0.4, -0.2) is 71.0 Å². The number of hydrogen-bond donors (Lipinski definition) is 3. The Morgan fingerprint density at radius 1 is 1.00 bits per heavy atom. The second-order valence-corrected chi connectivity index (χ2v) is 16.3. The number of nitrogens with one attached hydrogen (secondary N) is 3. The fourth-order valence-corrected chi connectivity index (χ4v) is 8.28. The van der Waals surface area contributed by atoms with Crippen molar-refractivity contribution in [1.82, 2.24) is 19.9 Å². The Kier molecular flexibility index (Phi) is 8.85. The zero-order chi connectivity index (χ0) is 34.2. The van der Waals surface area contributed by atoms with Crippen molar-refractivity contribution < 1.29 is 27.5 Å². The summed E-state index contributed by atoms with van der Waals surface area (Å²) < 4.78 is 33.8. The molecule has 0 radical (unpaired) electrons. The molecule has 4 aliphatic rings. The Labute approximate surface area is 286 Å². The molecule has 49 heavy (non-hydrogen) atoms. The third-order valence-electron chi connectivity index (χ3n) is 10.4. The van der Waals surface area contributed by atoms with Crippen LogP contribution < -0.4 is 20.1 Å². The van der Waals surface area contributed by atoms with Gasteiger partial charge in [-0.05, 0) is 69.7 Å². The van der Waals surface area contributed by atoms with Crippen molar-refractivity contribution in [2.45, 2.75) is 93.2 Å². The maximum atomic E-state index is 14.4. The number of fused-ring (bicyclic) bond motifs is 3. The van der Waals surface area contributed by atoms with Gasteiger partial charge in [0.05, 0.1) is 16.8 Å². The van der Waals surface area contributed by atoms with Crippen LogP contribution >= 0.6 is 0 Å². The average molecular weight is 686 g/mol. The average Bonchev–Trinajstić information content (AvgIpc) is 3.97. The lowest BCUT2D eigenvalue weighted by atomic mass is 10.0. The molecule has 258 valence electrons. The minimum absolute atomic E-state index is 0.146. The summed E-state index contributed by atoms with van der Waals surface area (Å²) in [4.78, 5) is 48.7. The molecule has 0 spiro atoms. The van der Waals surface area contributed by atoms with Crippen molar-refractivity contribution in [2.24, 2.45) is 5.92 Å². The number of para-hydroxylation sites is 2. The van der Waals surface area contributed by atoms with E-state index in [2.05, 4.69) is 20.3 Å². The van der Waals surface area contributed by atoms with Crippen LogP contribution in [0.25, 0.3) is 10.9 Å². The van der Waals surface area contributed by atoms with E-state index in [1.807, 2.05) is 72.8 Å². The summed E-state index contributed by atoms with van der Waals surface area (Å²) >= 11 is 0. The molecule has 12 heteroatoms. The first-order valence-electron chi connectivity index (χ1n) is 17.3. The number of benzene rings is 2. The van der Waals surface area contributed by atoms with Gasteiger partial charge in [0.15, 0.2) is 0 Å². The molecule has 2 aliphatic carbocycles. The molecule has 3 amide bonds. The largest absolute Gasteiger partial charge is 0.472 e. The van der Waals surface area contributed by atoms with Gasteiger partial charge in [0.1, 0.15) is 23.7 Å². The molecule has 3 N–H and O–H groups in total. The molecule has 3 fully saturated rings. The predicted molar refractivity (Wildman–Crippen MR) is 186 cm³/mol. The first kappa shape index (κ1) is 33.1. The van der Waals surface area contributed by atoms with Gasteiger partial charge in [0.2, 0.25) is 27.7 Å². The van der Waals surface area contributed by atoms with Gasteiger partial charge >= 0.3 is 0 Å². The molecular formula is C37H43N5O6S. The van der Waals surface area contributed by atoms with Gasteiger partial charge in [0, 0.05) is 29.5 Å². The Bertz CT molecular complexity index is 1880. The van der Waals surface area contributed by atoms with Gasteiger partial charge in [-0.2, -0.15) is 0 Å². The van der Waals surface area contributed by atoms with Crippen molar-refractivity contribution in [1.29, 1.82) is 0 Å². The molecule has 1 saturated heterocycles. The summed E-state index contributed by atoms with van der Waals surface area (Å²) in [6.45, 7) is 1.76. The van der Waals surface area contributed by atoms with Crippen LogP contribution in [0.4, 0.5) is 5.69 Å². The lowest BCUT2D eigenvalue weighted by Gasteiger charge is -2.30. The first-order chi connectivity index (χ1) is 23.6. The van der Waals surface area contributed by atoms with Gasteiger partial charge in [-0.1, -0.05) is 61.4 Å². The molecule has 1 aromatic heterocycles. The number of hydrogen-bond acceptors (Lipinski definition) is 8. The van der Waals surface area contributed by atoms with Gasteiger partial charge in [-0.25, -0.2) is 13.4 Å². The highest BCUT2D eigenvalue weighted by Crippen LogP contribution is 2.47. The van der Waals surface area contributed by atoms with Crippen molar-refractivity contribution in [2.75, 3.05) is 11.9 Å².